The molecule has 0 unspecified atom stereocenters. The molecular formula is C15H25NO3. The van der Waals surface area contributed by atoms with Crippen molar-refractivity contribution in [3.05, 3.63) is 23.8 Å². The first-order chi connectivity index (χ1) is 9.19. The monoisotopic (exact) mass is 267 g/mol. The lowest BCUT2D eigenvalue weighted by Gasteiger charge is -2.13. The molecule has 1 atom stereocenters. The van der Waals surface area contributed by atoms with E-state index < -0.39 is 0 Å². The lowest BCUT2D eigenvalue weighted by atomic mass is 10.1. The van der Waals surface area contributed by atoms with Gasteiger partial charge < -0.3 is 19.9 Å². The van der Waals surface area contributed by atoms with Crippen LogP contribution >= 0.6 is 0 Å². The molecule has 0 fully saturated rings. The molecule has 0 bridgehead atoms. The number of unbranched alkanes of at least 4 members (excludes halogenated alkanes) is 1. The van der Waals surface area contributed by atoms with Gasteiger partial charge in [-0.3, -0.25) is 0 Å². The van der Waals surface area contributed by atoms with Crippen LogP contribution in [0.2, 0.25) is 0 Å². The van der Waals surface area contributed by atoms with Gasteiger partial charge in [0.15, 0.2) is 11.5 Å². The summed E-state index contributed by atoms with van der Waals surface area (Å²) in [5, 5.41) is 0. The molecule has 19 heavy (non-hydrogen) atoms. The molecule has 0 spiro atoms. The smallest absolute Gasteiger partial charge is 0.161 e. The lowest BCUT2D eigenvalue weighted by Crippen LogP contribution is -2.09. The topological polar surface area (TPSA) is 53.7 Å². The first-order valence-corrected chi connectivity index (χ1v) is 6.83. The zero-order valence-electron chi connectivity index (χ0n) is 12.1. The maximum Gasteiger partial charge on any atom is 0.161 e. The Morgan fingerprint density at radius 1 is 1.16 bits per heavy atom. The van der Waals surface area contributed by atoms with Crippen molar-refractivity contribution in [1.29, 1.82) is 0 Å². The van der Waals surface area contributed by atoms with E-state index in [4.69, 9.17) is 19.9 Å². The minimum atomic E-state index is -0.0136. The van der Waals surface area contributed by atoms with Crippen LogP contribution in [0, 0.1) is 0 Å². The number of hydrogen-bond acceptors (Lipinski definition) is 4. The van der Waals surface area contributed by atoms with Crippen molar-refractivity contribution in [2.45, 2.75) is 32.7 Å². The molecule has 0 aliphatic rings. The van der Waals surface area contributed by atoms with Gasteiger partial charge in [-0.1, -0.05) is 19.4 Å². The number of rotatable bonds is 9. The second-order valence-corrected chi connectivity index (χ2v) is 4.51. The third kappa shape index (κ3) is 5.49. The SMILES string of the molecule is CCCCOCCOc1ccc([C@H](C)N)cc1OC. The first kappa shape index (κ1) is 15.8. The fraction of sp³-hybridized carbons (Fsp3) is 0.600. The quantitative estimate of drug-likeness (QED) is 0.699. The largest absolute Gasteiger partial charge is 0.493 e. The Hall–Kier alpha value is -1.26. The van der Waals surface area contributed by atoms with Crippen LogP contribution in [-0.2, 0) is 4.74 Å². The van der Waals surface area contributed by atoms with Crippen molar-refractivity contribution in [2.24, 2.45) is 5.73 Å². The molecule has 0 aromatic heterocycles. The lowest BCUT2D eigenvalue weighted by molar-refractivity contribution is 0.0970. The minimum Gasteiger partial charge on any atom is -0.493 e. The molecule has 1 aromatic carbocycles. The highest BCUT2D eigenvalue weighted by Crippen LogP contribution is 2.29. The molecule has 1 aromatic rings. The second-order valence-electron chi connectivity index (χ2n) is 4.51. The Kier molecular flexibility index (Phi) is 7.30. The van der Waals surface area contributed by atoms with Crippen LogP contribution in [0.4, 0.5) is 0 Å². The van der Waals surface area contributed by atoms with Gasteiger partial charge >= 0.3 is 0 Å². The van der Waals surface area contributed by atoms with Crippen LogP contribution < -0.4 is 15.2 Å². The number of hydrogen-bond donors (Lipinski definition) is 1. The highest BCUT2D eigenvalue weighted by atomic mass is 16.5. The predicted octanol–water partition coefficient (Wildman–Crippen LogP) is 2.91. The Morgan fingerprint density at radius 3 is 2.58 bits per heavy atom. The Morgan fingerprint density at radius 2 is 1.95 bits per heavy atom. The van der Waals surface area contributed by atoms with E-state index >= 15 is 0 Å². The van der Waals surface area contributed by atoms with Crippen molar-refractivity contribution >= 4 is 0 Å². The van der Waals surface area contributed by atoms with E-state index in [0.717, 1.165) is 30.8 Å². The fourth-order valence-electron chi connectivity index (χ4n) is 1.65. The highest BCUT2D eigenvalue weighted by Gasteiger charge is 2.07. The Bertz CT molecular complexity index is 366. The summed E-state index contributed by atoms with van der Waals surface area (Å²) in [4.78, 5) is 0. The van der Waals surface area contributed by atoms with Crippen LogP contribution in [0.3, 0.4) is 0 Å². The normalized spacial score (nSPS) is 12.2. The van der Waals surface area contributed by atoms with Crippen molar-refractivity contribution in [3.63, 3.8) is 0 Å². The van der Waals surface area contributed by atoms with Crippen molar-refractivity contribution < 1.29 is 14.2 Å². The summed E-state index contributed by atoms with van der Waals surface area (Å²) in [5.41, 5.74) is 6.87. The van der Waals surface area contributed by atoms with Gasteiger partial charge in [0, 0.05) is 12.6 Å². The molecule has 0 saturated carbocycles. The van der Waals surface area contributed by atoms with E-state index in [1.165, 1.54) is 0 Å². The molecule has 4 heteroatoms. The summed E-state index contributed by atoms with van der Waals surface area (Å²) in [5.74, 6) is 1.44. The van der Waals surface area contributed by atoms with E-state index in [1.807, 2.05) is 25.1 Å². The molecule has 0 heterocycles. The molecule has 0 amide bonds. The van der Waals surface area contributed by atoms with Crippen LogP contribution in [0.25, 0.3) is 0 Å². The van der Waals surface area contributed by atoms with Gasteiger partial charge in [0.2, 0.25) is 0 Å². The molecule has 0 aliphatic carbocycles. The molecule has 108 valence electrons. The highest BCUT2D eigenvalue weighted by molar-refractivity contribution is 5.43. The predicted molar refractivity (Wildman–Crippen MR) is 76.8 cm³/mol. The van der Waals surface area contributed by atoms with Gasteiger partial charge in [-0.2, -0.15) is 0 Å². The summed E-state index contributed by atoms with van der Waals surface area (Å²) in [7, 11) is 1.63. The molecule has 0 aliphatic heterocycles. The maximum absolute atomic E-state index is 5.84. The van der Waals surface area contributed by atoms with Crippen LogP contribution in [0.1, 0.15) is 38.3 Å². The number of nitrogens with two attached hydrogens (primary N) is 1. The summed E-state index contributed by atoms with van der Waals surface area (Å²) >= 11 is 0. The van der Waals surface area contributed by atoms with Gasteiger partial charge in [0.1, 0.15) is 6.61 Å². The molecule has 0 saturated heterocycles. The fourth-order valence-corrected chi connectivity index (χ4v) is 1.65. The van der Waals surface area contributed by atoms with Gasteiger partial charge in [-0.15, -0.1) is 0 Å². The van der Waals surface area contributed by atoms with E-state index in [1.54, 1.807) is 7.11 Å². The van der Waals surface area contributed by atoms with Crippen LogP contribution in [-0.4, -0.2) is 26.9 Å². The average Bonchev–Trinajstić information content (AvgIpc) is 2.42. The van der Waals surface area contributed by atoms with Crippen LogP contribution in [0.5, 0.6) is 11.5 Å². The van der Waals surface area contributed by atoms with Gasteiger partial charge in [-0.25, -0.2) is 0 Å². The van der Waals surface area contributed by atoms with Gasteiger partial charge in [-0.05, 0) is 31.0 Å². The molecule has 2 N–H and O–H groups in total. The molecule has 1 rings (SSSR count). The van der Waals surface area contributed by atoms with E-state index in [2.05, 4.69) is 6.92 Å². The minimum absolute atomic E-state index is 0.0136. The molecule has 0 radical (unpaired) electrons. The van der Waals surface area contributed by atoms with Crippen molar-refractivity contribution in [3.8, 4) is 11.5 Å². The maximum atomic E-state index is 5.84. The Labute approximate surface area is 115 Å². The standard InChI is InChI=1S/C15H25NO3/c1-4-5-8-18-9-10-19-14-7-6-13(12(2)16)11-15(14)17-3/h6-7,11-12H,4-5,8-10,16H2,1-3H3/t12-/m0/s1. The van der Waals surface area contributed by atoms with Gasteiger partial charge in [0.25, 0.3) is 0 Å². The summed E-state index contributed by atoms with van der Waals surface area (Å²) in [6.45, 7) is 6.00. The molecule has 4 nitrogen and oxygen atoms in total. The zero-order valence-corrected chi connectivity index (χ0v) is 12.1. The van der Waals surface area contributed by atoms with E-state index in [-0.39, 0.29) is 6.04 Å². The molecular weight excluding hydrogens is 242 g/mol. The zero-order chi connectivity index (χ0) is 14.1. The summed E-state index contributed by atoms with van der Waals surface area (Å²) in [6, 6.07) is 5.75. The number of benzene rings is 1. The van der Waals surface area contributed by atoms with Crippen molar-refractivity contribution in [2.75, 3.05) is 26.9 Å². The van der Waals surface area contributed by atoms with E-state index in [9.17, 15) is 0 Å². The number of methoxy groups -OCH3 is 1. The Balaban J connectivity index is 2.44. The third-order valence-corrected chi connectivity index (χ3v) is 2.84. The number of ether oxygens (including phenoxy) is 3. The van der Waals surface area contributed by atoms with E-state index in [0.29, 0.717) is 19.0 Å². The summed E-state index contributed by atoms with van der Waals surface area (Å²) in [6.07, 6.45) is 2.24. The third-order valence-electron chi connectivity index (χ3n) is 2.84. The average molecular weight is 267 g/mol. The van der Waals surface area contributed by atoms with Crippen molar-refractivity contribution in [1.82, 2.24) is 0 Å². The van der Waals surface area contributed by atoms with Gasteiger partial charge in [0.05, 0.1) is 13.7 Å². The summed E-state index contributed by atoms with van der Waals surface area (Å²) < 4.78 is 16.4. The first-order valence-electron chi connectivity index (χ1n) is 6.83. The second kappa shape index (κ2) is 8.77. The van der Waals surface area contributed by atoms with Crippen LogP contribution in [0.15, 0.2) is 18.2 Å².